The third-order valence-electron chi connectivity index (χ3n) is 2.75. The van der Waals surface area contributed by atoms with E-state index in [4.69, 9.17) is 16.3 Å². The highest BCUT2D eigenvalue weighted by Crippen LogP contribution is 2.31. The van der Waals surface area contributed by atoms with E-state index in [2.05, 4.69) is 15.9 Å². The molecule has 2 aromatic carbocycles. The lowest BCUT2D eigenvalue weighted by atomic mass is 10.0. The van der Waals surface area contributed by atoms with E-state index >= 15 is 0 Å². The quantitative estimate of drug-likeness (QED) is 0.897. The second-order valence-electron chi connectivity index (χ2n) is 3.96. The molecule has 5 heteroatoms. The zero-order chi connectivity index (χ0) is 14.0. The number of hydrogen-bond donors (Lipinski definition) is 1. The van der Waals surface area contributed by atoms with Crippen molar-refractivity contribution in [3.63, 3.8) is 0 Å². The highest BCUT2D eigenvalue weighted by atomic mass is 79.9. The first-order valence-electron chi connectivity index (χ1n) is 5.49. The van der Waals surface area contributed by atoms with Crippen molar-refractivity contribution in [1.29, 1.82) is 0 Å². The fourth-order valence-corrected chi connectivity index (χ4v) is 2.28. The van der Waals surface area contributed by atoms with Crippen LogP contribution in [-0.2, 0) is 0 Å². The Hall–Kier alpha value is -1.10. The molecule has 0 saturated heterocycles. The minimum absolute atomic E-state index is 0.201. The van der Waals surface area contributed by atoms with E-state index in [1.54, 1.807) is 24.3 Å². The zero-order valence-corrected chi connectivity index (χ0v) is 12.4. The maximum Gasteiger partial charge on any atom is 0.137 e. The van der Waals surface area contributed by atoms with Crippen LogP contribution in [0.15, 0.2) is 40.9 Å². The van der Waals surface area contributed by atoms with Gasteiger partial charge in [0.05, 0.1) is 12.1 Å². The first kappa shape index (κ1) is 14.3. The van der Waals surface area contributed by atoms with Crippen LogP contribution in [0.25, 0.3) is 0 Å². The third kappa shape index (κ3) is 3.08. The normalized spacial score (nSPS) is 12.3. The summed E-state index contributed by atoms with van der Waals surface area (Å²) in [5, 5.41) is 10.7. The molecule has 0 spiro atoms. The van der Waals surface area contributed by atoms with Gasteiger partial charge in [0.15, 0.2) is 0 Å². The predicted octanol–water partition coefficient (Wildman–Crippen LogP) is 4.33. The van der Waals surface area contributed by atoms with Crippen molar-refractivity contribution in [3.05, 3.63) is 62.8 Å². The number of halogens is 3. The van der Waals surface area contributed by atoms with Gasteiger partial charge in [-0.05, 0) is 29.8 Å². The van der Waals surface area contributed by atoms with Crippen LogP contribution in [0.2, 0.25) is 5.02 Å². The molecule has 1 unspecified atom stereocenters. The van der Waals surface area contributed by atoms with Gasteiger partial charge < -0.3 is 9.84 Å². The van der Waals surface area contributed by atoms with Crippen LogP contribution in [0.3, 0.4) is 0 Å². The lowest BCUT2D eigenvalue weighted by molar-refractivity contribution is 0.214. The molecule has 0 fully saturated rings. The number of benzene rings is 2. The summed E-state index contributed by atoms with van der Waals surface area (Å²) in [5.41, 5.74) is 0.718. The Morgan fingerprint density at radius 1 is 1.26 bits per heavy atom. The Bertz CT molecular complexity index is 604. The van der Waals surface area contributed by atoms with Gasteiger partial charge in [0.2, 0.25) is 0 Å². The number of methoxy groups -OCH3 is 1. The van der Waals surface area contributed by atoms with E-state index in [1.165, 1.54) is 19.2 Å². The Kier molecular flexibility index (Phi) is 4.45. The van der Waals surface area contributed by atoms with Crippen molar-refractivity contribution in [2.45, 2.75) is 6.10 Å². The smallest absolute Gasteiger partial charge is 0.137 e. The van der Waals surface area contributed by atoms with Crippen LogP contribution in [0, 0.1) is 5.82 Å². The Morgan fingerprint density at radius 2 is 2.00 bits per heavy atom. The highest BCUT2D eigenvalue weighted by molar-refractivity contribution is 9.10. The Balaban J connectivity index is 2.40. The molecule has 0 heterocycles. The minimum atomic E-state index is -1.07. The largest absolute Gasteiger partial charge is 0.495 e. The minimum Gasteiger partial charge on any atom is -0.495 e. The number of aliphatic hydroxyl groups excluding tert-OH is 1. The number of ether oxygens (including phenoxy) is 1. The molecule has 0 aliphatic rings. The van der Waals surface area contributed by atoms with Gasteiger partial charge in [-0.2, -0.15) is 0 Å². The molecule has 0 bridgehead atoms. The molecular weight excluding hydrogens is 335 g/mol. The van der Waals surface area contributed by atoms with Gasteiger partial charge in [0.1, 0.15) is 17.7 Å². The van der Waals surface area contributed by atoms with Gasteiger partial charge in [-0.1, -0.05) is 39.7 Å². The summed E-state index contributed by atoms with van der Waals surface area (Å²) < 4.78 is 19.5. The number of hydrogen-bond acceptors (Lipinski definition) is 2. The lowest BCUT2D eigenvalue weighted by Crippen LogP contribution is -2.03. The molecular formula is C14H11BrClFO2. The average molecular weight is 346 g/mol. The highest BCUT2D eigenvalue weighted by Gasteiger charge is 2.16. The first-order chi connectivity index (χ1) is 9.02. The maximum atomic E-state index is 13.8. The van der Waals surface area contributed by atoms with E-state index in [9.17, 15) is 9.50 Å². The molecule has 0 saturated carbocycles. The van der Waals surface area contributed by atoms with Crippen molar-refractivity contribution in [1.82, 2.24) is 0 Å². The van der Waals surface area contributed by atoms with Gasteiger partial charge in [-0.15, -0.1) is 0 Å². The second kappa shape index (κ2) is 5.90. The van der Waals surface area contributed by atoms with Crippen LogP contribution in [-0.4, -0.2) is 12.2 Å². The fourth-order valence-electron chi connectivity index (χ4n) is 1.75. The topological polar surface area (TPSA) is 29.5 Å². The summed E-state index contributed by atoms with van der Waals surface area (Å²) in [5.74, 6) is -0.0356. The molecule has 2 aromatic rings. The molecule has 2 nitrogen and oxygen atoms in total. The Morgan fingerprint density at radius 3 is 2.63 bits per heavy atom. The van der Waals surface area contributed by atoms with Crippen molar-refractivity contribution < 1.29 is 14.2 Å². The van der Waals surface area contributed by atoms with Gasteiger partial charge >= 0.3 is 0 Å². The molecule has 2 rings (SSSR count). The van der Waals surface area contributed by atoms with Crippen molar-refractivity contribution in [2.24, 2.45) is 0 Å². The van der Waals surface area contributed by atoms with E-state index in [0.29, 0.717) is 20.8 Å². The molecule has 0 aromatic heterocycles. The maximum absolute atomic E-state index is 13.8. The Labute approximate surface area is 123 Å². The van der Waals surface area contributed by atoms with Crippen molar-refractivity contribution in [3.8, 4) is 5.75 Å². The fraction of sp³-hybridized carbons (Fsp3) is 0.143. The lowest BCUT2D eigenvalue weighted by Gasteiger charge is -2.14. The zero-order valence-electron chi connectivity index (χ0n) is 10.0. The summed E-state index contributed by atoms with van der Waals surface area (Å²) in [4.78, 5) is 0. The molecule has 0 amide bonds. The van der Waals surface area contributed by atoms with Gasteiger partial charge in [0, 0.05) is 10.0 Å². The van der Waals surface area contributed by atoms with E-state index in [0.717, 1.165) is 0 Å². The summed E-state index contributed by atoms with van der Waals surface area (Å²) in [6, 6.07) is 9.35. The van der Waals surface area contributed by atoms with Crippen molar-refractivity contribution >= 4 is 27.5 Å². The number of rotatable bonds is 3. The summed E-state index contributed by atoms with van der Waals surface area (Å²) >= 11 is 9.09. The standard InChI is InChI=1S/C14H11BrClFO2/c1-19-13-6-8(2-5-11(13)16)14(18)10-4-3-9(15)7-12(10)17/h2-7,14,18H,1H3. The van der Waals surface area contributed by atoms with E-state index in [-0.39, 0.29) is 5.56 Å². The van der Waals surface area contributed by atoms with Gasteiger partial charge in [-0.3, -0.25) is 0 Å². The van der Waals surface area contributed by atoms with Crippen LogP contribution < -0.4 is 4.74 Å². The van der Waals surface area contributed by atoms with Gasteiger partial charge in [-0.25, -0.2) is 4.39 Å². The number of aliphatic hydroxyl groups is 1. The molecule has 1 N–H and O–H groups in total. The molecule has 0 aliphatic heterocycles. The van der Waals surface area contributed by atoms with Crippen molar-refractivity contribution in [2.75, 3.05) is 7.11 Å². The molecule has 0 radical (unpaired) electrons. The van der Waals surface area contributed by atoms with Gasteiger partial charge in [0.25, 0.3) is 0 Å². The second-order valence-corrected chi connectivity index (χ2v) is 5.29. The van der Waals surface area contributed by atoms with E-state index in [1.807, 2.05) is 0 Å². The summed E-state index contributed by atoms with van der Waals surface area (Å²) in [6.07, 6.45) is -1.07. The van der Waals surface area contributed by atoms with Crippen LogP contribution in [0.1, 0.15) is 17.2 Å². The molecule has 19 heavy (non-hydrogen) atoms. The molecule has 0 aliphatic carbocycles. The van der Waals surface area contributed by atoms with E-state index < -0.39 is 11.9 Å². The van der Waals surface area contributed by atoms with Crippen LogP contribution >= 0.6 is 27.5 Å². The van der Waals surface area contributed by atoms with Crippen LogP contribution in [0.5, 0.6) is 5.75 Å². The SMILES string of the molecule is COc1cc(C(O)c2ccc(Br)cc2F)ccc1Cl. The average Bonchev–Trinajstić information content (AvgIpc) is 2.38. The molecule has 1 atom stereocenters. The van der Waals surface area contributed by atoms with Crippen LogP contribution in [0.4, 0.5) is 4.39 Å². The third-order valence-corrected chi connectivity index (χ3v) is 3.55. The first-order valence-corrected chi connectivity index (χ1v) is 6.66. The monoisotopic (exact) mass is 344 g/mol. The summed E-state index contributed by atoms with van der Waals surface area (Å²) in [6.45, 7) is 0. The predicted molar refractivity (Wildman–Crippen MR) is 76.2 cm³/mol. The summed E-state index contributed by atoms with van der Waals surface area (Å²) in [7, 11) is 1.48. The molecule has 100 valence electrons.